The molecule has 0 bridgehead atoms. The first-order chi connectivity index (χ1) is 11.9. The van der Waals surface area contributed by atoms with Gasteiger partial charge in [0.25, 0.3) is 10.0 Å². The largest absolute Gasteiger partial charge is 0.497 e. The SMILES string of the molecule is COc1ccc2c(ccn2S(=O)(=O)c2ccc(/C=C/C(=O)O)cc2)c1. The van der Waals surface area contributed by atoms with E-state index in [2.05, 4.69) is 0 Å². The summed E-state index contributed by atoms with van der Waals surface area (Å²) in [6, 6.07) is 12.9. The van der Waals surface area contributed by atoms with Gasteiger partial charge in [0.1, 0.15) is 5.75 Å². The number of rotatable bonds is 5. The lowest BCUT2D eigenvalue weighted by Crippen LogP contribution is -2.11. The van der Waals surface area contributed by atoms with Gasteiger partial charge in [0, 0.05) is 17.7 Å². The summed E-state index contributed by atoms with van der Waals surface area (Å²) in [6.07, 6.45) is 3.89. The Labute approximate surface area is 144 Å². The Morgan fingerprint density at radius 2 is 1.84 bits per heavy atom. The quantitative estimate of drug-likeness (QED) is 0.710. The van der Waals surface area contributed by atoms with Crippen LogP contribution in [0.4, 0.5) is 0 Å². The Balaban J connectivity index is 2.00. The molecule has 1 heterocycles. The van der Waals surface area contributed by atoms with Crippen molar-refractivity contribution in [1.29, 1.82) is 0 Å². The Morgan fingerprint density at radius 3 is 2.48 bits per heavy atom. The molecular formula is C18H15NO5S. The van der Waals surface area contributed by atoms with E-state index >= 15 is 0 Å². The van der Waals surface area contributed by atoms with Crippen molar-refractivity contribution in [3.05, 3.63) is 66.4 Å². The highest BCUT2D eigenvalue weighted by Crippen LogP contribution is 2.25. The predicted molar refractivity (Wildman–Crippen MR) is 94.2 cm³/mol. The maximum atomic E-state index is 12.9. The number of carboxylic acid groups (broad SMARTS) is 1. The number of fused-ring (bicyclic) bond motifs is 1. The van der Waals surface area contributed by atoms with Crippen LogP contribution in [0.25, 0.3) is 17.0 Å². The molecule has 0 aliphatic rings. The van der Waals surface area contributed by atoms with Crippen LogP contribution in [-0.4, -0.2) is 30.6 Å². The number of aromatic nitrogens is 1. The Kier molecular flexibility index (Phi) is 4.33. The number of aliphatic carboxylic acids is 1. The lowest BCUT2D eigenvalue weighted by atomic mass is 10.2. The molecule has 1 aromatic heterocycles. The average Bonchev–Trinajstić information content (AvgIpc) is 3.04. The number of hydrogen-bond donors (Lipinski definition) is 1. The summed E-state index contributed by atoms with van der Waals surface area (Å²) in [6.45, 7) is 0. The zero-order valence-electron chi connectivity index (χ0n) is 13.3. The second-order valence-corrected chi connectivity index (χ2v) is 7.10. The summed E-state index contributed by atoms with van der Waals surface area (Å²) in [5.74, 6) is -0.414. The fourth-order valence-electron chi connectivity index (χ4n) is 2.46. The molecule has 6 nitrogen and oxygen atoms in total. The lowest BCUT2D eigenvalue weighted by molar-refractivity contribution is -0.131. The van der Waals surface area contributed by atoms with Crippen LogP contribution in [0.5, 0.6) is 5.75 Å². The van der Waals surface area contributed by atoms with Gasteiger partial charge >= 0.3 is 5.97 Å². The Bertz CT molecular complexity index is 1060. The van der Waals surface area contributed by atoms with Crippen LogP contribution >= 0.6 is 0 Å². The summed E-state index contributed by atoms with van der Waals surface area (Å²) < 4.78 is 32.1. The van der Waals surface area contributed by atoms with Gasteiger partial charge in [-0.3, -0.25) is 0 Å². The van der Waals surface area contributed by atoms with Gasteiger partial charge in [-0.2, -0.15) is 0 Å². The third kappa shape index (κ3) is 3.27. The number of hydrogen-bond acceptors (Lipinski definition) is 4. The molecule has 0 saturated heterocycles. The fourth-order valence-corrected chi connectivity index (χ4v) is 3.82. The van der Waals surface area contributed by atoms with Crippen molar-refractivity contribution >= 4 is 33.0 Å². The fraction of sp³-hybridized carbons (Fsp3) is 0.0556. The summed E-state index contributed by atoms with van der Waals surface area (Å²) in [7, 11) is -2.20. The molecule has 7 heteroatoms. The molecule has 0 radical (unpaired) electrons. The molecule has 0 unspecified atom stereocenters. The molecule has 0 spiro atoms. The molecule has 2 aromatic carbocycles. The highest BCUT2D eigenvalue weighted by Gasteiger charge is 2.18. The van der Waals surface area contributed by atoms with Crippen LogP contribution < -0.4 is 4.74 Å². The third-order valence-electron chi connectivity index (χ3n) is 3.72. The van der Waals surface area contributed by atoms with E-state index in [9.17, 15) is 13.2 Å². The van der Waals surface area contributed by atoms with Crippen LogP contribution in [0.1, 0.15) is 5.56 Å². The molecule has 3 rings (SSSR count). The zero-order valence-corrected chi connectivity index (χ0v) is 14.1. The smallest absolute Gasteiger partial charge is 0.328 e. The van der Waals surface area contributed by atoms with Crippen LogP contribution in [0.3, 0.4) is 0 Å². The number of carbonyl (C=O) groups is 1. The van der Waals surface area contributed by atoms with Gasteiger partial charge in [0.2, 0.25) is 0 Å². The number of nitrogens with zero attached hydrogens (tertiary/aromatic N) is 1. The predicted octanol–water partition coefficient (Wildman–Crippen LogP) is 2.98. The second-order valence-electron chi connectivity index (χ2n) is 5.28. The Hall–Kier alpha value is -3.06. The van der Waals surface area contributed by atoms with Crippen molar-refractivity contribution in [2.24, 2.45) is 0 Å². The monoisotopic (exact) mass is 357 g/mol. The van der Waals surface area contributed by atoms with Gasteiger partial charge in [-0.25, -0.2) is 17.2 Å². The van der Waals surface area contributed by atoms with Gasteiger partial charge in [-0.1, -0.05) is 12.1 Å². The zero-order chi connectivity index (χ0) is 18.0. The van der Waals surface area contributed by atoms with E-state index < -0.39 is 16.0 Å². The summed E-state index contributed by atoms with van der Waals surface area (Å²) in [5, 5.41) is 9.38. The molecule has 0 saturated carbocycles. The highest BCUT2D eigenvalue weighted by molar-refractivity contribution is 7.90. The van der Waals surface area contributed by atoms with Crippen molar-refractivity contribution in [1.82, 2.24) is 3.97 Å². The van der Waals surface area contributed by atoms with Crippen LogP contribution in [0, 0.1) is 0 Å². The first kappa shape index (κ1) is 16.8. The van der Waals surface area contributed by atoms with Crippen molar-refractivity contribution < 1.29 is 23.1 Å². The first-order valence-corrected chi connectivity index (χ1v) is 8.77. The molecule has 0 aliphatic heterocycles. The number of benzene rings is 2. The van der Waals surface area contributed by atoms with Crippen molar-refractivity contribution in [2.75, 3.05) is 7.11 Å². The second kappa shape index (κ2) is 6.45. The number of carboxylic acids is 1. The molecule has 3 aromatic rings. The van der Waals surface area contributed by atoms with Gasteiger partial charge in [0.05, 0.1) is 17.5 Å². The molecule has 25 heavy (non-hydrogen) atoms. The topological polar surface area (TPSA) is 85.6 Å². The molecule has 0 fully saturated rings. The van der Waals surface area contributed by atoms with E-state index in [1.54, 1.807) is 43.5 Å². The van der Waals surface area contributed by atoms with E-state index in [0.29, 0.717) is 16.8 Å². The average molecular weight is 357 g/mol. The first-order valence-electron chi connectivity index (χ1n) is 7.33. The van der Waals surface area contributed by atoms with Crippen molar-refractivity contribution in [2.45, 2.75) is 4.90 Å². The highest BCUT2D eigenvalue weighted by atomic mass is 32.2. The van der Waals surface area contributed by atoms with E-state index in [4.69, 9.17) is 9.84 Å². The maximum absolute atomic E-state index is 12.9. The molecule has 0 amide bonds. The Morgan fingerprint density at radius 1 is 1.12 bits per heavy atom. The molecule has 1 N–H and O–H groups in total. The third-order valence-corrected chi connectivity index (χ3v) is 5.42. The number of ether oxygens (including phenoxy) is 1. The molecule has 0 aliphatic carbocycles. The lowest BCUT2D eigenvalue weighted by Gasteiger charge is -2.08. The van der Waals surface area contributed by atoms with Crippen molar-refractivity contribution in [3.63, 3.8) is 0 Å². The minimum absolute atomic E-state index is 0.119. The minimum Gasteiger partial charge on any atom is -0.497 e. The van der Waals surface area contributed by atoms with Crippen LogP contribution in [0.15, 0.2) is 65.7 Å². The van der Waals surface area contributed by atoms with Crippen LogP contribution in [-0.2, 0) is 14.8 Å². The van der Waals surface area contributed by atoms with Crippen LogP contribution in [0.2, 0.25) is 0 Å². The van der Waals surface area contributed by atoms with E-state index in [0.717, 1.165) is 11.5 Å². The van der Waals surface area contributed by atoms with E-state index in [1.165, 1.54) is 28.4 Å². The summed E-state index contributed by atoms with van der Waals surface area (Å²) in [4.78, 5) is 10.6. The molecular weight excluding hydrogens is 342 g/mol. The molecule has 0 atom stereocenters. The van der Waals surface area contributed by atoms with E-state index in [-0.39, 0.29) is 4.90 Å². The minimum atomic E-state index is -3.75. The van der Waals surface area contributed by atoms with Gasteiger partial charge in [-0.05, 0) is 48.0 Å². The molecule has 128 valence electrons. The van der Waals surface area contributed by atoms with E-state index in [1.807, 2.05) is 0 Å². The van der Waals surface area contributed by atoms with Gasteiger partial charge < -0.3 is 9.84 Å². The maximum Gasteiger partial charge on any atom is 0.328 e. The summed E-state index contributed by atoms with van der Waals surface area (Å²) in [5.41, 5.74) is 1.15. The summed E-state index contributed by atoms with van der Waals surface area (Å²) >= 11 is 0. The van der Waals surface area contributed by atoms with Crippen molar-refractivity contribution in [3.8, 4) is 5.75 Å². The van der Waals surface area contributed by atoms with Gasteiger partial charge in [0.15, 0.2) is 0 Å². The van der Waals surface area contributed by atoms with Gasteiger partial charge in [-0.15, -0.1) is 0 Å². The normalized spacial score (nSPS) is 11.9. The standard InChI is InChI=1S/C18H15NO5S/c1-24-15-5-8-17-14(12-15)10-11-19(17)25(22,23)16-6-2-13(3-7-16)4-9-18(20)21/h2-12H,1H3,(H,20,21)/b9-4+. The number of methoxy groups -OCH3 is 1.